The van der Waals surface area contributed by atoms with Crippen molar-refractivity contribution >= 4 is 33.8 Å². The maximum Gasteiger partial charge on any atom is 0.343 e. The third-order valence-electron chi connectivity index (χ3n) is 6.06. The van der Waals surface area contributed by atoms with Crippen LogP contribution in [0.2, 0.25) is 0 Å². The zero-order valence-electron chi connectivity index (χ0n) is 23.2. The number of hydrogen-bond donors (Lipinski definition) is 2. The van der Waals surface area contributed by atoms with Crippen LogP contribution >= 0.6 is 0 Å². The number of esters is 1. The fraction of sp³-hybridized carbons (Fsp3) is 0.156. The van der Waals surface area contributed by atoms with Crippen LogP contribution in [0, 0.1) is 6.92 Å². The molecule has 0 atom stereocenters. The summed E-state index contributed by atoms with van der Waals surface area (Å²) in [6, 6.07) is 25.9. The number of hydrogen-bond acceptors (Lipinski definition) is 7. The summed E-state index contributed by atoms with van der Waals surface area (Å²) in [7, 11) is -3.74. The maximum absolute atomic E-state index is 12.6. The van der Waals surface area contributed by atoms with Crippen molar-refractivity contribution in [2.45, 2.75) is 31.6 Å². The lowest BCUT2D eigenvalue weighted by molar-refractivity contribution is 0.0734. The second-order valence-corrected chi connectivity index (χ2v) is 11.1. The van der Waals surface area contributed by atoms with Crippen molar-refractivity contribution in [2.24, 2.45) is 5.10 Å². The number of carbonyl (C=O) groups excluding carboxylic acids is 2. The van der Waals surface area contributed by atoms with Gasteiger partial charge in [-0.05, 0) is 104 Å². The standard InChI is InChI=1S/C32H31N3O6S/c1-3-4-21-40-28-17-11-26(12-18-28)32(37)41-29-15-7-24(8-16-29)22-33-34-31(36)25-9-13-27(14-10-25)35-42(38,39)30-19-5-23(2)6-20-30/h5-20,22,35H,3-4,21H2,1-2H3,(H,34,36)/b33-22-. The van der Waals surface area contributed by atoms with Crippen molar-refractivity contribution in [2.75, 3.05) is 11.3 Å². The van der Waals surface area contributed by atoms with Gasteiger partial charge in [0.15, 0.2) is 0 Å². The minimum atomic E-state index is -3.74. The Morgan fingerprint density at radius 3 is 2.07 bits per heavy atom. The molecule has 4 aromatic carbocycles. The van der Waals surface area contributed by atoms with E-state index in [0.717, 1.165) is 18.4 Å². The first-order chi connectivity index (χ1) is 20.2. The lowest BCUT2D eigenvalue weighted by atomic mass is 10.2. The van der Waals surface area contributed by atoms with Crippen molar-refractivity contribution in [3.05, 3.63) is 119 Å². The number of ether oxygens (including phenoxy) is 2. The van der Waals surface area contributed by atoms with Crippen LogP contribution in [0.3, 0.4) is 0 Å². The van der Waals surface area contributed by atoms with Crippen LogP contribution in [0.25, 0.3) is 0 Å². The van der Waals surface area contributed by atoms with E-state index in [-0.39, 0.29) is 4.90 Å². The molecule has 10 heteroatoms. The molecule has 2 N–H and O–H groups in total. The van der Waals surface area contributed by atoms with E-state index in [2.05, 4.69) is 22.2 Å². The van der Waals surface area contributed by atoms with Gasteiger partial charge in [0.25, 0.3) is 15.9 Å². The number of anilines is 1. The molecule has 0 aliphatic carbocycles. The Kier molecular flexibility index (Phi) is 10.1. The first-order valence-corrected chi connectivity index (χ1v) is 14.8. The van der Waals surface area contributed by atoms with Gasteiger partial charge in [0.1, 0.15) is 11.5 Å². The number of rotatable bonds is 12. The highest BCUT2D eigenvalue weighted by atomic mass is 32.2. The van der Waals surface area contributed by atoms with Gasteiger partial charge >= 0.3 is 5.97 Å². The first-order valence-electron chi connectivity index (χ1n) is 13.3. The molecule has 0 spiro atoms. The van der Waals surface area contributed by atoms with Gasteiger partial charge in [0.2, 0.25) is 0 Å². The van der Waals surface area contributed by atoms with Crippen LogP contribution in [-0.4, -0.2) is 33.1 Å². The van der Waals surface area contributed by atoms with Gasteiger partial charge in [-0.15, -0.1) is 0 Å². The Morgan fingerprint density at radius 1 is 0.810 bits per heavy atom. The minimum absolute atomic E-state index is 0.147. The van der Waals surface area contributed by atoms with Gasteiger partial charge in [0, 0.05) is 11.3 Å². The molecule has 0 bridgehead atoms. The van der Waals surface area contributed by atoms with E-state index in [4.69, 9.17) is 9.47 Å². The highest BCUT2D eigenvalue weighted by molar-refractivity contribution is 7.92. The van der Waals surface area contributed by atoms with E-state index in [1.54, 1.807) is 60.7 Å². The van der Waals surface area contributed by atoms with Gasteiger partial charge in [-0.2, -0.15) is 5.10 Å². The van der Waals surface area contributed by atoms with Crippen LogP contribution in [-0.2, 0) is 10.0 Å². The van der Waals surface area contributed by atoms with Crippen LogP contribution in [0.5, 0.6) is 11.5 Å². The SMILES string of the molecule is CCCCOc1ccc(C(=O)Oc2ccc(/C=N\NC(=O)c3ccc(NS(=O)(=O)c4ccc(C)cc4)cc3)cc2)cc1. The Balaban J connectivity index is 1.26. The molecule has 0 aromatic heterocycles. The number of aryl methyl sites for hydroxylation is 1. The lowest BCUT2D eigenvalue weighted by Gasteiger charge is -2.09. The smallest absolute Gasteiger partial charge is 0.343 e. The molecule has 0 heterocycles. The fourth-order valence-electron chi connectivity index (χ4n) is 3.66. The van der Waals surface area contributed by atoms with Gasteiger partial charge in [-0.3, -0.25) is 9.52 Å². The molecule has 0 aliphatic heterocycles. The first kappa shape index (κ1) is 30.0. The Bertz CT molecular complexity index is 1630. The van der Waals surface area contributed by atoms with Crippen molar-refractivity contribution in [1.29, 1.82) is 0 Å². The highest BCUT2D eigenvalue weighted by Crippen LogP contribution is 2.18. The maximum atomic E-state index is 12.6. The van der Waals surface area contributed by atoms with E-state index in [1.807, 2.05) is 6.92 Å². The number of hydrazone groups is 1. The lowest BCUT2D eigenvalue weighted by Crippen LogP contribution is -2.18. The Morgan fingerprint density at radius 2 is 1.43 bits per heavy atom. The molecule has 4 rings (SSSR count). The average Bonchev–Trinajstić information content (AvgIpc) is 2.99. The van der Waals surface area contributed by atoms with Crippen LogP contribution < -0.4 is 19.6 Å². The van der Waals surface area contributed by atoms with E-state index >= 15 is 0 Å². The predicted molar refractivity (Wildman–Crippen MR) is 162 cm³/mol. The Labute approximate surface area is 245 Å². The summed E-state index contributed by atoms with van der Waals surface area (Å²) in [5.41, 5.74) is 5.09. The number of amides is 1. The second kappa shape index (κ2) is 14.1. The number of nitrogens with zero attached hydrogens (tertiary/aromatic N) is 1. The minimum Gasteiger partial charge on any atom is -0.494 e. The van der Waals surface area contributed by atoms with Gasteiger partial charge < -0.3 is 9.47 Å². The predicted octanol–water partition coefficient (Wildman–Crippen LogP) is 5.96. The van der Waals surface area contributed by atoms with Gasteiger partial charge in [-0.1, -0.05) is 31.0 Å². The molecule has 0 unspecified atom stereocenters. The molecular formula is C32H31N3O6S. The molecule has 1 amide bonds. The summed E-state index contributed by atoms with van der Waals surface area (Å²) >= 11 is 0. The average molecular weight is 586 g/mol. The monoisotopic (exact) mass is 585 g/mol. The van der Waals surface area contributed by atoms with Crippen molar-refractivity contribution < 1.29 is 27.5 Å². The third kappa shape index (κ3) is 8.52. The third-order valence-corrected chi connectivity index (χ3v) is 7.45. The normalized spacial score (nSPS) is 11.2. The highest BCUT2D eigenvalue weighted by Gasteiger charge is 2.14. The summed E-state index contributed by atoms with van der Waals surface area (Å²) in [4.78, 5) is 25.0. The number of sulfonamides is 1. The topological polar surface area (TPSA) is 123 Å². The molecule has 0 saturated heterocycles. The van der Waals surface area contributed by atoms with E-state index in [1.165, 1.54) is 42.6 Å². The molecule has 0 saturated carbocycles. The van der Waals surface area contributed by atoms with Gasteiger partial charge in [0.05, 0.1) is 23.3 Å². The molecular weight excluding hydrogens is 554 g/mol. The second-order valence-electron chi connectivity index (χ2n) is 9.38. The molecule has 0 fully saturated rings. The fourth-order valence-corrected chi connectivity index (χ4v) is 4.72. The number of nitrogens with one attached hydrogen (secondary N) is 2. The molecule has 42 heavy (non-hydrogen) atoms. The van der Waals surface area contributed by atoms with Crippen molar-refractivity contribution in [1.82, 2.24) is 5.43 Å². The summed E-state index contributed by atoms with van der Waals surface area (Å²) in [5.74, 6) is 0.112. The largest absolute Gasteiger partial charge is 0.494 e. The zero-order chi connectivity index (χ0) is 30.0. The molecule has 4 aromatic rings. The van der Waals surface area contributed by atoms with E-state index in [9.17, 15) is 18.0 Å². The van der Waals surface area contributed by atoms with Crippen LogP contribution in [0.4, 0.5) is 5.69 Å². The molecule has 0 radical (unpaired) electrons. The van der Waals surface area contributed by atoms with Gasteiger partial charge in [-0.25, -0.2) is 18.6 Å². The summed E-state index contributed by atoms with van der Waals surface area (Å²) in [6.45, 7) is 4.60. The quantitative estimate of drug-likeness (QED) is 0.0696. The summed E-state index contributed by atoms with van der Waals surface area (Å²) < 4.78 is 38.6. The number of benzene rings is 4. The molecule has 216 valence electrons. The Hall–Kier alpha value is -4.96. The van der Waals surface area contributed by atoms with Crippen LogP contribution in [0.15, 0.2) is 107 Å². The summed E-state index contributed by atoms with van der Waals surface area (Å²) in [5, 5.41) is 3.96. The summed E-state index contributed by atoms with van der Waals surface area (Å²) in [6.07, 6.45) is 3.46. The number of unbranched alkanes of at least 4 members (excludes halogenated alkanes) is 1. The molecule has 0 aliphatic rings. The van der Waals surface area contributed by atoms with Crippen LogP contribution in [0.1, 0.15) is 51.6 Å². The van der Waals surface area contributed by atoms with E-state index < -0.39 is 21.9 Å². The van der Waals surface area contributed by atoms with E-state index in [0.29, 0.717) is 40.5 Å². The van der Waals surface area contributed by atoms with Crippen molar-refractivity contribution in [3.63, 3.8) is 0 Å². The van der Waals surface area contributed by atoms with Crippen molar-refractivity contribution in [3.8, 4) is 11.5 Å². The molecule has 9 nitrogen and oxygen atoms in total. The zero-order valence-corrected chi connectivity index (χ0v) is 24.1. The number of carbonyl (C=O) groups is 2.